The number of carboxylic acids is 1. The smallest absolute Gasteiger partial charge is 0.329 e. The molecular formula is C15H19FN2O3. The minimum absolute atomic E-state index is 0.0508. The highest BCUT2D eigenvalue weighted by Gasteiger charge is 2.49. The van der Waals surface area contributed by atoms with Crippen molar-refractivity contribution in [1.29, 1.82) is 0 Å². The first kappa shape index (κ1) is 15.3. The second kappa shape index (κ2) is 5.71. The molecule has 2 rings (SSSR count). The van der Waals surface area contributed by atoms with E-state index in [-0.39, 0.29) is 5.92 Å². The summed E-state index contributed by atoms with van der Waals surface area (Å²) in [5.74, 6) is -1.54. The molecule has 1 fully saturated rings. The zero-order chi connectivity index (χ0) is 15.6. The predicted octanol–water partition coefficient (Wildman–Crippen LogP) is 2.61. The van der Waals surface area contributed by atoms with Gasteiger partial charge in [0.15, 0.2) is 0 Å². The third-order valence-electron chi connectivity index (χ3n) is 3.89. The van der Waals surface area contributed by atoms with Crippen LogP contribution in [0, 0.1) is 11.7 Å². The molecule has 1 atom stereocenters. The van der Waals surface area contributed by atoms with Gasteiger partial charge in [0.25, 0.3) is 0 Å². The minimum atomic E-state index is -1.28. The lowest BCUT2D eigenvalue weighted by Crippen LogP contribution is -2.57. The van der Waals surface area contributed by atoms with E-state index in [1.54, 1.807) is 13.0 Å². The standard InChI is InChI=1S/C15H19FN2O3/c1-3-18(12-6-4-5-11(16)9-12)14(21)17-15(2,13(19)20)10-7-8-10/h4-6,9-10H,3,7-8H2,1-2H3,(H,17,21)(H,19,20). The maximum absolute atomic E-state index is 13.3. The molecule has 0 heterocycles. The topological polar surface area (TPSA) is 69.6 Å². The van der Waals surface area contributed by atoms with Gasteiger partial charge < -0.3 is 10.4 Å². The predicted molar refractivity (Wildman–Crippen MR) is 76.7 cm³/mol. The van der Waals surface area contributed by atoms with Crippen molar-refractivity contribution in [3.63, 3.8) is 0 Å². The van der Waals surface area contributed by atoms with Gasteiger partial charge >= 0.3 is 12.0 Å². The molecule has 1 aliphatic rings. The van der Waals surface area contributed by atoms with Crippen molar-refractivity contribution in [2.75, 3.05) is 11.4 Å². The van der Waals surface area contributed by atoms with Crippen LogP contribution in [0.4, 0.5) is 14.9 Å². The van der Waals surface area contributed by atoms with Crippen LogP contribution in [-0.2, 0) is 4.79 Å². The average molecular weight is 294 g/mol. The second-order valence-electron chi connectivity index (χ2n) is 5.44. The van der Waals surface area contributed by atoms with Crippen molar-refractivity contribution < 1.29 is 19.1 Å². The molecule has 1 unspecified atom stereocenters. The monoisotopic (exact) mass is 294 g/mol. The Bertz CT molecular complexity index is 560. The first-order valence-electron chi connectivity index (χ1n) is 6.97. The molecule has 0 aromatic heterocycles. The van der Waals surface area contributed by atoms with Crippen LogP contribution >= 0.6 is 0 Å². The van der Waals surface area contributed by atoms with E-state index < -0.39 is 23.4 Å². The number of aliphatic carboxylic acids is 1. The Balaban J connectivity index is 2.19. The Kier molecular flexibility index (Phi) is 4.16. The number of nitrogens with zero attached hydrogens (tertiary/aromatic N) is 1. The number of urea groups is 1. The molecule has 114 valence electrons. The molecule has 0 saturated heterocycles. The van der Waals surface area contributed by atoms with E-state index in [9.17, 15) is 19.1 Å². The molecular weight excluding hydrogens is 275 g/mol. The lowest BCUT2D eigenvalue weighted by atomic mass is 9.96. The summed E-state index contributed by atoms with van der Waals surface area (Å²) in [6.45, 7) is 3.58. The van der Waals surface area contributed by atoms with Gasteiger partial charge in [0.2, 0.25) is 0 Å². The van der Waals surface area contributed by atoms with E-state index in [2.05, 4.69) is 5.32 Å². The summed E-state index contributed by atoms with van der Waals surface area (Å²) < 4.78 is 13.3. The number of carbonyl (C=O) groups is 2. The van der Waals surface area contributed by atoms with Crippen LogP contribution in [0.25, 0.3) is 0 Å². The summed E-state index contributed by atoms with van der Waals surface area (Å²) in [5, 5.41) is 12.0. The van der Waals surface area contributed by atoms with Gasteiger partial charge in [-0.2, -0.15) is 0 Å². The van der Waals surface area contributed by atoms with Crippen LogP contribution in [0.2, 0.25) is 0 Å². The number of carboxylic acid groups (broad SMARTS) is 1. The van der Waals surface area contributed by atoms with Gasteiger partial charge in [-0.05, 0) is 50.8 Å². The van der Waals surface area contributed by atoms with Crippen molar-refractivity contribution in [2.45, 2.75) is 32.2 Å². The number of amides is 2. The van der Waals surface area contributed by atoms with E-state index in [4.69, 9.17) is 0 Å². The van der Waals surface area contributed by atoms with Gasteiger partial charge in [0.05, 0.1) is 0 Å². The van der Waals surface area contributed by atoms with Gasteiger partial charge in [-0.1, -0.05) is 6.07 Å². The van der Waals surface area contributed by atoms with Gasteiger partial charge in [-0.3, -0.25) is 4.90 Å². The van der Waals surface area contributed by atoms with Crippen molar-refractivity contribution in [2.24, 2.45) is 5.92 Å². The van der Waals surface area contributed by atoms with Crippen LogP contribution in [0.15, 0.2) is 24.3 Å². The number of hydrogen-bond donors (Lipinski definition) is 2. The minimum Gasteiger partial charge on any atom is -0.480 e. The molecule has 0 spiro atoms. The summed E-state index contributed by atoms with van der Waals surface area (Å²) in [6, 6.07) is 5.14. The zero-order valence-electron chi connectivity index (χ0n) is 12.1. The SMILES string of the molecule is CCN(C(=O)NC(C)(C(=O)O)C1CC1)c1cccc(F)c1. The largest absolute Gasteiger partial charge is 0.480 e. The van der Waals surface area contributed by atoms with Gasteiger partial charge in [0, 0.05) is 12.2 Å². The van der Waals surface area contributed by atoms with Crippen LogP contribution < -0.4 is 10.2 Å². The van der Waals surface area contributed by atoms with Crippen molar-refractivity contribution in [3.05, 3.63) is 30.1 Å². The summed E-state index contributed by atoms with van der Waals surface area (Å²) in [4.78, 5) is 25.1. The summed E-state index contributed by atoms with van der Waals surface area (Å²) in [5.41, 5.74) is -0.879. The van der Waals surface area contributed by atoms with E-state index in [0.29, 0.717) is 12.2 Å². The van der Waals surface area contributed by atoms with Gasteiger partial charge in [0.1, 0.15) is 11.4 Å². The Morgan fingerprint density at radius 2 is 2.14 bits per heavy atom. The molecule has 0 aliphatic heterocycles. The molecule has 0 radical (unpaired) electrons. The highest BCUT2D eigenvalue weighted by Crippen LogP contribution is 2.39. The van der Waals surface area contributed by atoms with Crippen LogP contribution in [0.5, 0.6) is 0 Å². The van der Waals surface area contributed by atoms with E-state index >= 15 is 0 Å². The number of halogens is 1. The van der Waals surface area contributed by atoms with Gasteiger partial charge in [-0.25, -0.2) is 14.0 Å². The first-order valence-corrected chi connectivity index (χ1v) is 6.97. The zero-order valence-corrected chi connectivity index (χ0v) is 12.1. The Labute approximate surface area is 122 Å². The molecule has 6 heteroatoms. The molecule has 1 aliphatic carbocycles. The molecule has 1 aromatic carbocycles. The Hall–Kier alpha value is -2.11. The fourth-order valence-corrected chi connectivity index (χ4v) is 2.37. The third-order valence-corrected chi connectivity index (χ3v) is 3.89. The first-order chi connectivity index (χ1) is 9.88. The number of nitrogens with one attached hydrogen (secondary N) is 1. The number of anilines is 1. The Morgan fingerprint density at radius 3 is 2.62 bits per heavy atom. The second-order valence-corrected chi connectivity index (χ2v) is 5.44. The summed E-state index contributed by atoms with van der Waals surface area (Å²) in [7, 11) is 0. The third kappa shape index (κ3) is 3.15. The Morgan fingerprint density at radius 1 is 1.48 bits per heavy atom. The van der Waals surface area contributed by atoms with E-state index in [1.165, 1.54) is 30.0 Å². The highest BCUT2D eigenvalue weighted by molar-refractivity contribution is 5.96. The summed E-state index contributed by atoms with van der Waals surface area (Å²) in [6.07, 6.45) is 1.57. The average Bonchev–Trinajstić information content (AvgIpc) is 3.23. The van der Waals surface area contributed by atoms with Crippen LogP contribution in [0.1, 0.15) is 26.7 Å². The summed E-state index contributed by atoms with van der Waals surface area (Å²) >= 11 is 0. The molecule has 21 heavy (non-hydrogen) atoms. The van der Waals surface area contributed by atoms with Crippen molar-refractivity contribution in [3.8, 4) is 0 Å². The number of rotatable bonds is 5. The molecule has 0 bridgehead atoms. The lowest BCUT2D eigenvalue weighted by molar-refractivity contribution is -0.144. The quantitative estimate of drug-likeness (QED) is 0.877. The maximum Gasteiger partial charge on any atom is 0.329 e. The van der Waals surface area contributed by atoms with E-state index in [1.807, 2.05) is 0 Å². The fraction of sp³-hybridized carbons (Fsp3) is 0.467. The molecule has 1 saturated carbocycles. The molecule has 1 aromatic rings. The van der Waals surface area contributed by atoms with Gasteiger partial charge in [-0.15, -0.1) is 0 Å². The lowest BCUT2D eigenvalue weighted by Gasteiger charge is -2.30. The normalized spacial score (nSPS) is 16.9. The molecule has 2 N–H and O–H groups in total. The van der Waals surface area contributed by atoms with Crippen molar-refractivity contribution in [1.82, 2.24) is 5.32 Å². The molecule has 2 amide bonds. The highest BCUT2D eigenvalue weighted by atomic mass is 19.1. The number of hydrogen-bond acceptors (Lipinski definition) is 2. The van der Waals surface area contributed by atoms with Crippen molar-refractivity contribution >= 4 is 17.7 Å². The van der Waals surface area contributed by atoms with E-state index in [0.717, 1.165) is 12.8 Å². The number of carbonyl (C=O) groups excluding carboxylic acids is 1. The molecule has 5 nitrogen and oxygen atoms in total. The maximum atomic E-state index is 13.3. The van der Waals surface area contributed by atoms with Crippen LogP contribution in [0.3, 0.4) is 0 Å². The fourth-order valence-electron chi connectivity index (χ4n) is 2.37. The van der Waals surface area contributed by atoms with Crippen LogP contribution in [-0.4, -0.2) is 29.2 Å². The number of benzene rings is 1.